The lowest BCUT2D eigenvalue weighted by Crippen LogP contribution is -2.04. The van der Waals surface area contributed by atoms with E-state index in [0.29, 0.717) is 12.2 Å². The second-order valence-electron chi connectivity index (χ2n) is 5.00. The summed E-state index contributed by atoms with van der Waals surface area (Å²) in [5.41, 5.74) is 2.48. The van der Waals surface area contributed by atoms with Gasteiger partial charge in [0.2, 0.25) is 0 Å². The van der Waals surface area contributed by atoms with Crippen LogP contribution in [0.15, 0.2) is 66.2 Å². The lowest BCUT2D eigenvalue weighted by Gasteiger charge is -2.05. The minimum atomic E-state index is -0.285. The zero-order chi connectivity index (χ0) is 16.5. The van der Waals surface area contributed by atoms with Gasteiger partial charge in [-0.3, -0.25) is 4.79 Å². The van der Waals surface area contributed by atoms with E-state index in [1.165, 1.54) is 0 Å². The second kappa shape index (κ2) is 8.59. The highest BCUT2D eigenvalue weighted by molar-refractivity contribution is 5.77. The van der Waals surface area contributed by atoms with E-state index in [4.69, 9.17) is 4.74 Å². The molecule has 2 rings (SSSR count). The monoisotopic (exact) mass is 308 g/mol. The van der Waals surface area contributed by atoms with Crippen LogP contribution < -0.4 is 0 Å². The highest BCUT2D eigenvalue weighted by atomic mass is 16.5. The SMILES string of the molecule is CCOC(=O)CC(/C=C/c1ccccc1)=C\c1ccccc1O. The van der Waals surface area contributed by atoms with Crippen LogP contribution in [0.25, 0.3) is 12.2 Å². The molecule has 23 heavy (non-hydrogen) atoms. The number of para-hydroxylation sites is 1. The average Bonchev–Trinajstić information content (AvgIpc) is 2.56. The van der Waals surface area contributed by atoms with Crippen LogP contribution >= 0.6 is 0 Å². The summed E-state index contributed by atoms with van der Waals surface area (Å²) >= 11 is 0. The van der Waals surface area contributed by atoms with Crippen LogP contribution in [0.1, 0.15) is 24.5 Å². The molecule has 1 N–H and O–H groups in total. The fourth-order valence-corrected chi connectivity index (χ4v) is 2.11. The van der Waals surface area contributed by atoms with Crippen molar-refractivity contribution in [3.63, 3.8) is 0 Å². The zero-order valence-electron chi connectivity index (χ0n) is 13.1. The van der Waals surface area contributed by atoms with Crippen molar-refractivity contribution in [2.75, 3.05) is 6.61 Å². The van der Waals surface area contributed by atoms with Crippen LogP contribution in [-0.4, -0.2) is 17.7 Å². The Balaban J connectivity index is 2.26. The molecule has 0 heterocycles. The Hall–Kier alpha value is -2.81. The Bertz CT molecular complexity index is 700. The normalized spacial score (nSPS) is 11.6. The Morgan fingerprint density at radius 2 is 1.78 bits per heavy atom. The summed E-state index contributed by atoms with van der Waals surface area (Å²) in [5.74, 6) is -0.103. The fourth-order valence-electron chi connectivity index (χ4n) is 2.11. The maximum absolute atomic E-state index is 11.8. The van der Waals surface area contributed by atoms with Crippen molar-refractivity contribution >= 4 is 18.1 Å². The molecule has 0 aliphatic carbocycles. The number of aromatic hydroxyl groups is 1. The molecule has 3 heteroatoms. The van der Waals surface area contributed by atoms with Crippen LogP contribution in [0.2, 0.25) is 0 Å². The summed E-state index contributed by atoms with van der Waals surface area (Å²) in [6, 6.07) is 16.9. The summed E-state index contributed by atoms with van der Waals surface area (Å²) < 4.78 is 5.02. The number of rotatable bonds is 6. The lowest BCUT2D eigenvalue weighted by molar-refractivity contribution is -0.142. The first-order valence-electron chi connectivity index (χ1n) is 7.56. The van der Waals surface area contributed by atoms with Crippen molar-refractivity contribution in [3.8, 4) is 5.75 Å². The van der Waals surface area contributed by atoms with Crippen molar-refractivity contribution in [3.05, 3.63) is 77.4 Å². The van der Waals surface area contributed by atoms with Crippen molar-refractivity contribution < 1.29 is 14.6 Å². The van der Waals surface area contributed by atoms with Gasteiger partial charge >= 0.3 is 5.97 Å². The number of phenols is 1. The third kappa shape index (κ3) is 5.47. The Labute approximate surface area is 136 Å². The van der Waals surface area contributed by atoms with Crippen LogP contribution in [0.4, 0.5) is 0 Å². The number of phenolic OH excluding ortho intramolecular Hbond substituents is 1. The van der Waals surface area contributed by atoms with Crippen LogP contribution in [0, 0.1) is 0 Å². The van der Waals surface area contributed by atoms with Gasteiger partial charge in [0.1, 0.15) is 5.75 Å². The Kier molecular flexibility index (Phi) is 6.18. The molecule has 0 amide bonds. The van der Waals surface area contributed by atoms with E-state index < -0.39 is 0 Å². The van der Waals surface area contributed by atoms with Crippen LogP contribution in [0.5, 0.6) is 5.75 Å². The zero-order valence-corrected chi connectivity index (χ0v) is 13.1. The molecule has 2 aromatic carbocycles. The molecule has 0 bridgehead atoms. The van der Waals surface area contributed by atoms with E-state index in [2.05, 4.69) is 0 Å². The number of esters is 1. The quantitative estimate of drug-likeness (QED) is 0.634. The molecule has 118 valence electrons. The van der Waals surface area contributed by atoms with E-state index in [1.54, 1.807) is 31.2 Å². The maximum Gasteiger partial charge on any atom is 0.310 e. The number of benzene rings is 2. The van der Waals surface area contributed by atoms with Crippen molar-refractivity contribution in [1.29, 1.82) is 0 Å². The molecule has 0 spiro atoms. The number of hydrogen-bond acceptors (Lipinski definition) is 3. The number of ether oxygens (including phenoxy) is 1. The molecule has 0 saturated heterocycles. The fraction of sp³-hybridized carbons (Fsp3) is 0.150. The number of carbonyl (C=O) groups is 1. The smallest absolute Gasteiger partial charge is 0.310 e. The molecular weight excluding hydrogens is 288 g/mol. The van der Waals surface area contributed by atoms with Crippen LogP contribution in [0.3, 0.4) is 0 Å². The van der Waals surface area contributed by atoms with Gasteiger partial charge in [0.15, 0.2) is 0 Å². The molecule has 2 aromatic rings. The standard InChI is InChI=1S/C20H20O3/c1-2-23-20(22)15-17(13-12-16-8-4-3-5-9-16)14-18-10-6-7-11-19(18)21/h3-14,21H,2,15H2,1H3/b13-12+,17-14-. The molecule has 0 aromatic heterocycles. The van der Waals surface area contributed by atoms with Crippen molar-refractivity contribution in [2.45, 2.75) is 13.3 Å². The molecular formula is C20H20O3. The van der Waals surface area contributed by atoms with E-state index in [-0.39, 0.29) is 18.1 Å². The predicted octanol–water partition coefficient (Wildman–Crippen LogP) is 4.44. The highest BCUT2D eigenvalue weighted by Crippen LogP contribution is 2.21. The summed E-state index contributed by atoms with van der Waals surface area (Å²) in [7, 11) is 0. The highest BCUT2D eigenvalue weighted by Gasteiger charge is 2.06. The largest absolute Gasteiger partial charge is 0.507 e. The van der Waals surface area contributed by atoms with E-state index in [1.807, 2.05) is 48.6 Å². The first kappa shape index (κ1) is 16.6. The number of allylic oxidation sites excluding steroid dienone is 1. The predicted molar refractivity (Wildman–Crippen MR) is 92.8 cm³/mol. The van der Waals surface area contributed by atoms with E-state index >= 15 is 0 Å². The van der Waals surface area contributed by atoms with Gasteiger partial charge in [0, 0.05) is 5.56 Å². The summed E-state index contributed by atoms with van der Waals surface area (Å²) in [5, 5.41) is 9.90. The number of hydrogen-bond donors (Lipinski definition) is 1. The molecule has 0 unspecified atom stereocenters. The topological polar surface area (TPSA) is 46.5 Å². The van der Waals surface area contributed by atoms with Gasteiger partial charge in [0.25, 0.3) is 0 Å². The van der Waals surface area contributed by atoms with Gasteiger partial charge in [0.05, 0.1) is 13.0 Å². The minimum absolute atomic E-state index is 0.158. The third-order valence-corrected chi connectivity index (χ3v) is 3.22. The second-order valence-corrected chi connectivity index (χ2v) is 5.00. The van der Waals surface area contributed by atoms with Crippen LogP contribution in [-0.2, 0) is 9.53 Å². The molecule has 3 nitrogen and oxygen atoms in total. The average molecular weight is 308 g/mol. The molecule has 0 radical (unpaired) electrons. The molecule has 0 atom stereocenters. The molecule has 0 aliphatic rings. The van der Waals surface area contributed by atoms with Gasteiger partial charge in [-0.1, -0.05) is 60.7 Å². The van der Waals surface area contributed by atoms with Gasteiger partial charge in [-0.05, 0) is 30.2 Å². The first-order valence-corrected chi connectivity index (χ1v) is 7.56. The molecule has 0 aliphatic heterocycles. The van der Waals surface area contributed by atoms with Gasteiger partial charge in [-0.15, -0.1) is 0 Å². The van der Waals surface area contributed by atoms with Gasteiger partial charge < -0.3 is 9.84 Å². The summed E-state index contributed by atoms with van der Waals surface area (Å²) in [6.07, 6.45) is 5.76. The maximum atomic E-state index is 11.8. The first-order chi connectivity index (χ1) is 11.2. The van der Waals surface area contributed by atoms with Gasteiger partial charge in [-0.25, -0.2) is 0 Å². The molecule has 0 saturated carbocycles. The van der Waals surface area contributed by atoms with Gasteiger partial charge in [-0.2, -0.15) is 0 Å². The Morgan fingerprint density at radius 1 is 1.09 bits per heavy atom. The van der Waals surface area contributed by atoms with Crippen molar-refractivity contribution in [1.82, 2.24) is 0 Å². The Morgan fingerprint density at radius 3 is 2.48 bits per heavy atom. The minimum Gasteiger partial charge on any atom is -0.507 e. The van der Waals surface area contributed by atoms with E-state index in [0.717, 1.165) is 11.1 Å². The van der Waals surface area contributed by atoms with E-state index in [9.17, 15) is 9.90 Å². The third-order valence-electron chi connectivity index (χ3n) is 3.22. The summed E-state index contributed by atoms with van der Waals surface area (Å²) in [4.78, 5) is 11.8. The summed E-state index contributed by atoms with van der Waals surface area (Å²) in [6.45, 7) is 2.13. The lowest BCUT2D eigenvalue weighted by atomic mass is 10.1. The molecule has 0 fully saturated rings. The van der Waals surface area contributed by atoms with Crippen molar-refractivity contribution in [2.24, 2.45) is 0 Å². The number of carbonyl (C=O) groups excluding carboxylic acids is 1.